The van der Waals surface area contributed by atoms with Crippen LogP contribution < -0.4 is 5.32 Å². The quantitative estimate of drug-likeness (QED) is 0.507. The maximum atomic E-state index is 12.6. The highest BCUT2D eigenvalue weighted by molar-refractivity contribution is 7.18. The van der Waals surface area contributed by atoms with Crippen molar-refractivity contribution >= 4 is 40.3 Å². The fourth-order valence-electron chi connectivity index (χ4n) is 2.57. The zero-order valence-electron chi connectivity index (χ0n) is 18.1. The predicted molar refractivity (Wildman–Crippen MR) is 119 cm³/mol. The number of rotatable bonds is 6. The number of anilines is 1. The van der Waals surface area contributed by atoms with Crippen molar-refractivity contribution in [1.82, 2.24) is 0 Å². The maximum absolute atomic E-state index is 12.6. The molecular formula is C23H27NO5S. The molecule has 1 N–H and O–H groups in total. The van der Waals surface area contributed by atoms with Crippen LogP contribution in [0.4, 0.5) is 5.00 Å². The van der Waals surface area contributed by atoms with Crippen molar-refractivity contribution in [2.45, 2.75) is 47.1 Å². The van der Waals surface area contributed by atoms with Crippen molar-refractivity contribution in [3.8, 4) is 0 Å². The van der Waals surface area contributed by atoms with Gasteiger partial charge in [0.05, 0.1) is 12.2 Å². The summed E-state index contributed by atoms with van der Waals surface area (Å²) >= 11 is 1.000. The topological polar surface area (TPSA) is 81.7 Å². The predicted octanol–water partition coefficient (Wildman–Crippen LogP) is 5.15. The van der Waals surface area contributed by atoms with Crippen LogP contribution in [0.1, 0.15) is 64.4 Å². The molecule has 7 heteroatoms. The van der Waals surface area contributed by atoms with Gasteiger partial charge < -0.3 is 14.8 Å². The number of aryl methyl sites for hydroxylation is 1. The molecule has 1 heterocycles. The molecular weight excluding hydrogens is 402 g/mol. The summed E-state index contributed by atoms with van der Waals surface area (Å²) in [7, 11) is 0. The average Bonchev–Trinajstić information content (AvgIpc) is 2.96. The number of carbonyl (C=O) groups excluding carboxylic acids is 3. The lowest BCUT2D eigenvalue weighted by molar-refractivity contribution is -0.111. The van der Waals surface area contributed by atoms with Gasteiger partial charge in [0.25, 0.3) is 0 Å². The third-order valence-electron chi connectivity index (χ3n) is 3.95. The van der Waals surface area contributed by atoms with E-state index in [0.29, 0.717) is 5.56 Å². The Morgan fingerprint density at radius 1 is 1.07 bits per heavy atom. The van der Waals surface area contributed by atoms with Crippen molar-refractivity contribution < 1.29 is 23.9 Å². The molecule has 2 rings (SSSR count). The third kappa shape index (κ3) is 6.29. The standard InChI is InChI=1S/C23H27NO5S/c1-7-28-21(26)18-15(3)19(22(27)29-23(4,5)6)30-20(18)24-17(25)13-12-16-10-8-14(2)9-11-16/h8-13H,7H2,1-6H3,(H,24,25). The molecule has 6 nitrogen and oxygen atoms in total. The molecule has 30 heavy (non-hydrogen) atoms. The lowest BCUT2D eigenvalue weighted by atomic mass is 10.1. The normalized spacial score (nSPS) is 11.4. The van der Waals surface area contributed by atoms with Gasteiger partial charge in [-0.15, -0.1) is 11.3 Å². The van der Waals surface area contributed by atoms with Gasteiger partial charge in [-0.05, 0) is 58.7 Å². The molecule has 0 bridgehead atoms. The van der Waals surface area contributed by atoms with E-state index in [2.05, 4.69) is 5.32 Å². The highest BCUT2D eigenvalue weighted by atomic mass is 32.1. The van der Waals surface area contributed by atoms with Crippen LogP contribution in [0.15, 0.2) is 30.3 Å². The number of esters is 2. The Morgan fingerprint density at radius 2 is 1.70 bits per heavy atom. The van der Waals surface area contributed by atoms with Gasteiger partial charge in [0, 0.05) is 6.08 Å². The fourth-order valence-corrected chi connectivity index (χ4v) is 3.65. The van der Waals surface area contributed by atoms with Crippen LogP contribution in [0.5, 0.6) is 0 Å². The van der Waals surface area contributed by atoms with Crippen molar-refractivity contribution in [1.29, 1.82) is 0 Å². The van der Waals surface area contributed by atoms with Crippen LogP contribution in [0.25, 0.3) is 6.08 Å². The van der Waals surface area contributed by atoms with Crippen molar-refractivity contribution in [3.05, 3.63) is 57.5 Å². The van der Waals surface area contributed by atoms with E-state index in [4.69, 9.17) is 9.47 Å². The van der Waals surface area contributed by atoms with E-state index in [1.807, 2.05) is 31.2 Å². The van der Waals surface area contributed by atoms with E-state index in [9.17, 15) is 14.4 Å². The molecule has 1 aromatic carbocycles. The van der Waals surface area contributed by atoms with Crippen LogP contribution in [-0.2, 0) is 14.3 Å². The summed E-state index contributed by atoms with van der Waals surface area (Å²) in [6.45, 7) is 10.8. The van der Waals surface area contributed by atoms with E-state index in [1.54, 1.807) is 40.7 Å². The molecule has 0 unspecified atom stereocenters. The van der Waals surface area contributed by atoms with Gasteiger partial charge in [0.15, 0.2) is 0 Å². The van der Waals surface area contributed by atoms with Gasteiger partial charge >= 0.3 is 11.9 Å². The first-order chi connectivity index (χ1) is 14.0. The molecule has 0 radical (unpaired) electrons. The zero-order chi connectivity index (χ0) is 22.5. The van der Waals surface area contributed by atoms with Gasteiger partial charge in [-0.1, -0.05) is 29.8 Å². The Labute approximate surface area is 180 Å². The minimum Gasteiger partial charge on any atom is -0.462 e. The number of amides is 1. The van der Waals surface area contributed by atoms with Crippen molar-refractivity contribution in [2.24, 2.45) is 0 Å². The maximum Gasteiger partial charge on any atom is 0.349 e. The molecule has 0 spiro atoms. The number of hydrogen-bond acceptors (Lipinski definition) is 6. The van der Waals surface area contributed by atoms with Crippen LogP contribution in [0, 0.1) is 13.8 Å². The molecule has 2 aromatic rings. The second-order valence-corrected chi connectivity index (χ2v) is 8.74. The summed E-state index contributed by atoms with van der Waals surface area (Å²) in [4.78, 5) is 37.7. The minimum absolute atomic E-state index is 0.166. The summed E-state index contributed by atoms with van der Waals surface area (Å²) < 4.78 is 10.5. The Morgan fingerprint density at radius 3 is 2.27 bits per heavy atom. The molecule has 0 saturated heterocycles. The summed E-state index contributed by atoms with van der Waals surface area (Å²) in [5, 5.41) is 2.95. The van der Waals surface area contributed by atoms with Crippen LogP contribution in [0.3, 0.4) is 0 Å². The lowest BCUT2D eigenvalue weighted by Crippen LogP contribution is -2.23. The molecule has 1 aromatic heterocycles. The Kier molecular flexibility index (Phi) is 7.56. The largest absolute Gasteiger partial charge is 0.462 e. The third-order valence-corrected chi connectivity index (χ3v) is 5.14. The summed E-state index contributed by atoms with van der Waals surface area (Å²) in [5.41, 5.74) is 1.90. The SMILES string of the molecule is CCOC(=O)c1c(NC(=O)C=Cc2ccc(C)cc2)sc(C(=O)OC(C)(C)C)c1C. The highest BCUT2D eigenvalue weighted by Gasteiger charge is 2.29. The molecule has 0 aliphatic carbocycles. The molecule has 0 atom stereocenters. The van der Waals surface area contributed by atoms with Crippen molar-refractivity contribution in [3.63, 3.8) is 0 Å². The molecule has 160 valence electrons. The number of nitrogens with one attached hydrogen (secondary N) is 1. The monoisotopic (exact) mass is 429 g/mol. The first-order valence-electron chi connectivity index (χ1n) is 9.61. The number of carbonyl (C=O) groups is 3. The highest BCUT2D eigenvalue weighted by Crippen LogP contribution is 2.35. The number of benzene rings is 1. The van der Waals surface area contributed by atoms with E-state index >= 15 is 0 Å². The second-order valence-electron chi connectivity index (χ2n) is 7.72. The number of thiophene rings is 1. The Balaban J connectivity index is 2.31. The molecule has 0 saturated carbocycles. The fraction of sp³-hybridized carbons (Fsp3) is 0.348. The van der Waals surface area contributed by atoms with Crippen LogP contribution in [-0.4, -0.2) is 30.1 Å². The molecule has 1 amide bonds. The zero-order valence-corrected chi connectivity index (χ0v) is 18.9. The Hall–Kier alpha value is -2.93. The van der Waals surface area contributed by atoms with Gasteiger partial charge in [-0.2, -0.15) is 0 Å². The van der Waals surface area contributed by atoms with Crippen LogP contribution >= 0.6 is 11.3 Å². The molecule has 0 aliphatic heterocycles. The number of hydrogen-bond donors (Lipinski definition) is 1. The summed E-state index contributed by atoms with van der Waals surface area (Å²) in [5.74, 6) is -1.57. The van der Waals surface area contributed by atoms with Gasteiger partial charge in [0.2, 0.25) is 5.91 Å². The van der Waals surface area contributed by atoms with Gasteiger partial charge in [-0.25, -0.2) is 9.59 Å². The van der Waals surface area contributed by atoms with E-state index < -0.39 is 23.4 Å². The summed E-state index contributed by atoms with van der Waals surface area (Å²) in [6, 6.07) is 7.70. The van der Waals surface area contributed by atoms with Gasteiger partial charge in [0.1, 0.15) is 15.5 Å². The minimum atomic E-state index is -0.683. The van der Waals surface area contributed by atoms with Crippen molar-refractivity contribution in [2.75, 3.05) is 11.9 Å². The lowest BCUT2D eigenvalue weighted by Gasteiger charge is -2.19. The number of ether oxygens (including phenoxy) is 2. The second kappa shape index (κ2) is 9.71. The first kappa shape index (κ1) is 23.3. The smallest absolute Gasteiger partial charge is 0.349 e. The van der Waals surface area contributed by atoms with Crippen LogP contribution in [0.2, 0.25) is 0 Å². The van der Waals surface area contributed by atoms with E-state index in [0.717, 1.165) is 22.5 Å². The molecule has 0 aliphatic rings. The Bertz CT molecular complexity index is 965. The average molecular weight is 430 g/mol. The molecule has 0 fully saturated rings. The van der Waals surface area contributed by atoms with E-state index in [1.165, 1.54) is 6.08 Å². The van der Waals surface area contributed by atoms with E-state index in [-0.39, 0.29) is 22.0 Å². The summed E-state index contributed by atoms with van der Waals surface area (Å²) in [6.07, 6.45) is 3.05. The van der Waals surface area contributed by atoms with Gasteiger partial charge in [-0.3, -0.25) is 4.79 Å². The first-order valence-corrected chi connectivity index (χ1v) is 10.4.